The zero-order chi connectivity index (χ0) is 27.1. The Bertz CT molecular complexity index is 1060. The Balaban J connectivity index is 1.60. The molecule has 1 heterocycles. The lowest BCUT2D eigenvalue weighted by molar-refractivity contribution is -0.195. The van der Waals surface area contributed by atoms with E-state index in [0.29, 0.717) is 30.8 Å². The molecule has 0 aromatic heterocycles. The maximum Gasteiger partial charge on any atom is 0.331 e. The van der Waals surface area contributed by atoms with Crippen LogP contribution < -0.4 is 0 Å². The Morgan fingerprint density at radius 1 is 1.11 bits per heavy atom. The summed E-state index contributed by atoms with van der Waals surface area (Å²) in [6.45, 7) is 14.8. The highest BCUT2D eigenvalue weighted by Crippen LogP contribution is 2.82. The number of carboxylic acids is 1. The van der Waals surface area contributed by atoms with Crippen molar-refractivity contribution in [2.24, 2.45) is 34.0 Å². The second-order valence-corrected chi connectivity index (χ2v) is 13.8. The van der Waals surface area contributed by atoms with Gasteiger partial charge in [0, 0.05) is 23.3 Å². The number of epoxide rings is 1. The Morgan fingerprint density at radius 2 is 1.81 bits per heavy atom. The van der Waals surface area contributed by atoms with Gasteiger partial charge in [-0.1, -0.05) is 39.3 Å². The average Bonchev–Trinajstić information content (AvgIpc) is 3.47. The van der Waals surface area contributed by atoms with Crippen molar-refractivity contribution in [1.82, 2.24) is 0 Å². The fourth-order valence-electron chi connectivity index (χ4n) is 10.2. The van der Waals surface area contributed by atoms with E-state index in [4.69, 9.17) is 9.47 Å². The number of allylic oxidation sites excluding steroid dienone is 2. The number of ether oxygens (including phenoxy) is 2. The van der Waals surface area contributed by atoms with E-state index in [9.17, 15) is 19.8 Å². The molecule has 0 amide bonds. The van der Waals surface area contributed by atoms with Crippen LogP contribution in [0.4, 0.5) is 0 Å². The van der Waals surface area contributed by atoms with Gasteiger partial charge in [0.2, 0.25) is 0 Å². The minimum Gasteiger partial charge on any atom is -0.478 e. The standard InChI is InChI=1S/C31H46O6/c1-17(2)9-8-10-20(27(34)35)26-22-15-25-31(37-25)28(5)13-12-23(33)18(3)21(28)11-14-30(31,7)29(22,6)16-24(26)36-19(4)32/h9,18,21-25,33H,8,10-16H2,1-7H3,(H,34,35)/b26-20-/t18-,21-,22-,23+,24-,25+,28-,29-,30+,31-/m0/s1. The van der Waals surface area contributed by atoms with Crippen LogP contribution in [0.2, 0.25) is 0 Å². The monoisotopic (exact) mass is 514 g/mol. The van der Waals surface area contributed by atoms with E-state index in [1.54, 1.807) is 0 Å². The molecular weight excluding hydrogens is 468 g/mol. The summed E-state index contributed by atoms with van der Waals surface area (Å²) in [5, 5.41) is 21.1. The van der Waals surface area contributed by atoms with E-state index in [1.165, 1.54) is 12.5 Å². The molecule has 1 spiro atoms. The molecule has 5 rings (SSSR count). The second kappa shape index (κ2) is 8.67. The molecule has 1 saturated heterocycles. The minimum absolute atomic E-state index is 0.00651. The molecule has 4 saturated carbocycles. The molecule has 0 bridgehead atoms. The zero-order valence-electron chi connectivity index (χ0n) is 23.7. The lowest BCUT2D eigenvalue weighted by atomic mass is 9.36. The van der Waals surface area contributed by atoms with E-state index in [1.807, 2.05) is 13.8 Å². The van der Waals surface area contributed by atoms with Crippen LogP contribution >= 0.6 is 0 Å². The maximum atomic E-state index is 12.7. The van der Waals surface area contributed by atoms with E-state index in [-0.39, 0.29) is 51.9 Å². The molecule has 4 aliphatic carbocycles. The van der Waals surface area contributed by atoms with Gasteiger partial charge in [-0.05, 0) is 94.0 Å². The van der Waals surface area contributed by atoms with Gasteiger partial charge in [-0.15, -0.1) is 0 Å². The normalized spacial score (nSPS) is 49.1. The van der Waals surface area contributed by atoms with Crippen molar-refractivity contribution < 1.29 is 29.3 Å². The first-order valence-corrected chi connectivity index (χ1v) is 14.4. The second-order valence-electron chi connectivity index (χ2n) is 13.8. The first-order valence-electron chi connectivity index (χ1n) is 14.4. The van der Waals surface area contributed by atoms with Crippen molar-refractivity contribution in [3.05, 3.63) is 22.8 Å². The molecular formula is C31H46O6. The van der Waals surface area contributed by atoms with Crippen LogP contribution in [0, 0.1) is 34.0 Å². The SMILES string of the molecule is CC(=O)O[C@H]1C[C@@]2(C)[C@@H](C[C@H]3O[C@@]34[C@]2(C)CC[C@H]2[C@H](C)[C@H](O)CC[C@@]24C)/C1=C(\CCC=C(C)C)C(=O)O. The van der Waals surface area contributed by atoms with Gasteiger partial charge in [-0.2, -0.15) is 0 Å². The van der Waals surface area contributed by atoms with Crippen molar-refractivity contribution in [2.75, 3.05) is 0 Å². The van der Waals surface area contributed by atoms with Crippen molar-refractivity contribution in [3.8, 4) is 0 Å². The summed E-state index contributed by atoms with van der Waals surface area (Å²) in [7, 11) is 0. The lowest BCUT2D eigenvalue weighted by Gasteiger charge is -2.66. The fraction of sp³-hybridized carbons (Fsp3) is 0.806. The fourth-order valence-corrected chi connectivity index (χ4v) is 10.2. The topological polar surface area (TPSA) is 96.4 Å². The van der Waals surface area contributed by atoms with Gasteiger partial charge in [0.05, 0.1) is 12.2 Å². The quantitative estimate of drug-likeness (QED) is 0.207. The van der Waals surface area contributed by atoms with E-state index >= 15 is 0 Å². The first kappa shape index (κ1) is 26.9. The molecule has 10 atom stereocenters. The molecule has 0 radical (unpaired) electrons. The number of carbonyl (C=O) groups excluding carboxylic acids is 1. The predicted molar refractivity (Wildman–Crippen MR) is 141 cm³/mol. The van der Waals surface area contributed by atoms with Crippen molar-refractivity contribution in [1.29, 1.82) is 0 Å². The Morgan fingerprint density at radius 3 is 2.43 bits per heavy atom. The van der Waals surface area contributed by atoms with Gasteiger partial charge < -0.3 is 19.7 Å². The number of aliphatic carboxylic acids is 1. The molecule has 0 aromatic rings. The molecule has 206 valence electrons. The highest BCUT2D eigenvalue weighted by molar-refractivity contribution is 5.88. The largest absolute Gasteiger partial charge is 0.478 e. The van der Waals surface area contributed by atoms with Crippen molar-refractivity contribution in [2.45, 2.75) is 124 Å². The lowest BCUT2D eigenvalue weighted by Crippen LogP contribution is -2.67. The van der Waals surface area contributed by atoms with Gasteiger partial charge in [-0.25, -0.2) is 4.79 Å². The van der Waals surface area contributed by atoms with Crippen LogP contribution in [0.25, 0.3) is 0 Å². The van der Waals surface area contributed by atoms with Gasteiger partial charge in [0.1, 0.15) is 11.7 Å². The number of hydrogen-bond acceptors (Lipinski definition) is 5. The van der Waals surface area contributed by atoms with Gasteiger partial charge in [0.25, 0.3) is 0 Å². The summed E-state index contributed by atoms with van der Waals surface area (Å²) in [6, 6.07) is 0. The molecule has 6 nitrogen and oxygen atoms in total. The molecule has 2 N–H and O–H groups in total. The van der Waals surface area contributed by atoms with Crippen molar-refractivity contribution >= 4 is 11.9 Å². The van der Waals surface area contributed by atoms with E-state index in [2.05, 4.69) is 33.8 Å². The summed E-state index contributed by atoms with van der Waals surface area (Å²) in [5.74, 6) is -0.593. The molecule has 37 heavy (non-hydrogen) atoms. The first-order chi connectivity index (χ1) is 17.2. The minimum atomic E-state index is -0.900. The van der Waals surface area contributed by atoms with Crippen molar-refractivity contribution in [3.63, 3.8) is 0 Å². The Labute approximate surface area is 221 Å². The Kier molecular flexibility index (Phi) is 6.31. The summed E-state index contributed by atoms with van der Waals surface area (Å²) in [5.41, 5.74) is 1.69. The summed E-state index contributed by atoms with van der Waals surface area (Å²) in [6.07, 6.45) is 7.67. The number of aliphatic hydroxyl groups is 1. The number of aliphatic hydroxyl groups excluding tert-OH is 1. The Hall–Kier alpha value is -1.66. The number of carboxylic acid groups (broad SMARTS) is 1. The van der Waals surface area contributed by atoms with Crippen LogP contribution in [-0.2, 0) is 19.1 Å². The number of rotatable bonds is 5. The maximum absolute atomic E-state index is 12.7. The third kappa shape index (κ3) is 3.50. The molecule has 0 unspecified atom stereocenters. The van der Waals surface area contributed by atoms with Crippen LogP contribution in [0.5, 0.6) is 0 Å². The van der Waals surface area contributed by atoms with Crippen LogP contribution in [0.3, 0.4) is 0 Å². The smallest absolute Gasteiger partial charge is 0.331 e. The molecule has 5 aliphatic rings. The summed E-state index contributed by atoms with van der Waals surface area (Å²) >= 11 is 0. The van der Waals surface area contributed by atoms with Crippen LogP contribution in [-0.4, -0.2) is 46.1 Å². The van der Waals surface area contributed by atoms with Gasteiger partial charge in [0.15, 0.2) is 0 Å². The van der Waals surface area contributed by atoms with E-state index < -0.39 is 12.1 Å². The molecule has 0 aromatic carbocycles. The predicted octanol–water partition coefficient (Wildman–Crippen LogP) is 5.83. The van der Waals surface area contributed by atoms with E-state index in [0.717, 1.165) is 37.7 Å². The third-order valence-electron chi connectivity index (χ3n) is 12.0. The van der Waals surface area contributed by atoms with Gasteiger partial charge in [-0.3, -0.25) is 4.79 Å². The summed E-state index contributed by atoms with van der Waals surface area (Å²) < 4.78 is 12.8. The van der Waals surface area contributed by atoms with Gasteiger partial charge >= 0.3 is 11.9 Å². The number of carbonyl (C=O) groups is 2. The molecule has 6 heteroatoms. The summed E-state index contributed by atoms with van der Waals surface area (Å²) in [4.78, 5) is 24.9. The van der Waals surface area contributed by atoms with Crippen LogP contribution in [0.1, 0.15) is 99.8 Å². The highest BCUT2D eigenvalue weighted by atomic mass is 16.6. The highest BCUT2D eigenvalue weighted by Gasteiger charge is 2.85. The average molecular weight is 515 g/mol. The third-order valence-corrected chi connectivity index (χ3v) is 12.0. The number of esters is 1. The number of fused-ring (bicyclic) bond motifs is 3. The molecule has 5 fully saturated rings. The molecule has 1 aliphatic heterocycles. The zero-order valence-corrected chi connectivity index (χ0v) is 23.7. The number of hydrogen-bond donors (Lipinski definition) is 2. The van der Waals surface area contributed by atoms with Crippen LogP contribution in [0.15, 0.2) is 22.8 Å².